The molecule has 0 saturated heterocycles. The number of hydrogen-bond acceptors (Lipinski definition) is 2. The molecule has 1 atom stereocenters. The van der Waals surface area contributed by atoms with Crippen molar-refractivity contribution in [3.8, 4) is 0 Å². The zero-order valence-electron chi connectivity index (χ0n) is 27.2. The molecule has 3 rings (SSSR count). The number of aryl methyl sites for hydroxylation is 1. The monoisotopic (exact) mass is 550 g/mol. The summed E-state index contributed by atoms with van der Waals surface area (Å²) < 4.78 is 0. The molecule has 0 bridgehead atoms. The Morgan fingerprint density at radius 2 is 1.73 bits per heavy atom. The molecule has 1 unspecified atom stereocenters. The average molecular weight is 551 g/mol. The van der Waals surface area contributed by atoms with Crippen LogP contribution in [0.1, 0.15) is 124 Å². The standard InChI is InChI=1S/C28H40N2O2.C6H12.C2H6/c1-19-9-11-21(12-10-19)17-30-27(32)24(25-18-29-16-20(25)2)15-26(31)22-7-6-8-23(14-13-22)28(3,4)5;1-4-6(3)5-2;1-2/h7-8,13-14,16,18-19,21,24,29H,6,9-12,15,17H2,1-5H3,(H,30,32);4H,5H2,1-3H3;1-2H3/b;6-4+;. The maximum absolute atomic E-state index is 13.2. The van der Waals surface area contributed by atoms with Gasteiger partial charge in [0.15, 0.2) is 5.78 Å². The van der Waals surface area contributed by atoms with Crippen molar-refractivity contribution in [2.45, 2.75) is 120 Å². The van der Waals surface area contributed by atoms with Crippen molar-refractivity contribution in [3.63, 3.8) is 0 Å². The summed E-state index contributed by atoms with van der Waals surface area (Å²) in [5.74, 6) is 0.865. The summed E-state index contributed by atoms with van der Waals surface area (Å²) in [5, 5.41) is 3.18. The summed E-state index contributed by atoms with van der Waals surface area (Å²) in [7, 11) is 0. The predicted octanol–water partition coefficient (Wildman–Crippen LogP) is 9.56. The molecule has 1 saturated carbocycles. The molecule has 1 aromatic heterocycles. The van der Waals surface area contributed by atoms with Gasteiger partial charge in [0.1, 0.15) is 0 Å². The Labute approximate surface area is 245 Å². The highest BCUT2D eigenvalue weighted by Gasteiger charge is 2.28. The van der Waals surface area contributed by atoms with Crippen LogP contribution in [-0.4, -0.2) is 23.2 Å². The third-order valence-electron chi connectivity index (χ3n) is 8.13. The summed E-state index contributed by atoms with van der Waals surface area (Å²) in [5.41, 5.74) is 5.38. The smallest absolute Gasteiger partial charge is 0.228 e. The van der Waals surface area contributed by atoms with E-state index in [1.165, 1.54) is 43.3 Å². The fourth-order valence-corrected chi connectivity index (χ4v) is 4.97. The topological polar surface area (TPSA) is 62.0 Å². The number of rotatable bonds is 8. The molecule has 4 nitrogen and oxygen atoms in total. The van der Waals surface area contributed by atoms with Gasteiger partial charge >= 0.3 is 0 Å². The van der Waals surface area contributed by atoms with E-state index >= 15 is 0 Å². The van der Waals surface area contributed by atoms with Crippen LogP contribution in [0.3, 0.4) is 0 Å². The molecule has 224 valence electrons. The van der Waals surface area contributed by atoms with Crippen LogP contribution in [0.25, 0.3) is 0 Å². The fourth-order valence-electron chi connectivity index (χ4n) is 4.97. The van der Waals surface area contributed by atoms with E-state index in [9.17, 15) is 9.59 Å². The molecular formula is C36H58N2O2. The van der Waals surface area contributed by atoms with E-state index in [0.29, 0.717) is 18.0 Å². The van der Waals surface area contributed by atoms with Crippen molar-refractivity contribution >= 4 is 11.7 Å². The van der Waals surface area contributed by atoms with Gasteiger partial charge in [-0.25, -0.2) is 0 Å². The Morgan fingerprint density at radius 3 is 2.23 bits per heavy atom. The van der Waals surface area contributed by atoms with Crippen molar-refractivity contribution in [3.05, 3.63) is 70.6 Å². The van der Waals surface area contributed by atoms with Crippen molar-refractivity contribution in [2.24, 2.45) is 17.3 Å². The molecule has 2 N–H and O–H groups in total. The third kappa shape index (κ3) is 11.9. The van der Waals surface area contributed by atoms with Crippen molar-refractivity contribution in [1.29, 1.82) is 0 Å². The molecule has 1 fully saturated rings. The number of carbonyl (C=O) groups excluding carboxylic acids is 2. The summed E-state index contributed by atoms with van der Waals surface area (Å²) in [6.07, 6.45) is 21.0. The Bertz CT molecular complexity index is 1040. The first-order chi connectivity index (χ1) is 19.0. The van der Waals surface area contributed by atoms with Crippen LogP contribution in [0.2, 0.25) is 0 Å². The van der Waals surface area contributed by atoms with E-state index in [-0.39, 0.29) is 23.5 Å². The summed E-state index contributed by atoms with van der Waals surface area (Å²) in [6, 6.07) is 0. The second kappa shape index (κ2) is 17.9. The SMILES string of the molecule is C/C=C(\C)CC.CC.Cc1c[nH]cc1C(CC(=O)C1=CCC=C(C(C)(C)C)C=C1)C(=O)NCC1CCC(C)CC1. The lowest BCUT2D eigenvalue weighted by Crippen LogP contribution is -2.35. The Hall–Kier alpha value is -2.62. The number of amides is 1. The second-order valence-corrected chi connectivity index (χ2v) is 12.3. The molecule has 1 heterocycles. The summed E-state index contributed by atoms with van der Waals surface area (Å²) in [6.45, 7) is 21.9. The Morgan fingerprint density at radius 1 is 1.07 bits per heavy atom. The number of ketones is 1. The van der Waals surface area contributed by atoms with Gasteiger partial charge in [0.25, 0.3) is 0 Å². The number of allylic oxidation sites excluding steroid dienone is 8. The molecular weight excluding hydrogens is 492 g/mol. The Kier molecular flexibility index (Phi) is 15.9. The van der Waals surface area contributed by atoms with Crippen LogP contribution in [-0.2, 0) is 9.59 Å². The van der Waals surface area contributed by atoms with Crippen LogP contribution in [0, 0.1) is 24.2 Å². The number of H-pyrrole nitrogens is 1. The lowest BCUT2D eigenvalue weighted by Gasteiger charge is -2.27. The van der Waals surface area contributed by atoms with Crippen LogP contribution < -0.4 is 5.32 Å². The first-order valence-electron chi connectivity index (χ1n) is 15.6. The van der Waals surface area contributed by atoms with Crippen molar-refractivity contribution in [2.75, 3.05) is 6.54 Å². The first-order valence-corrected chi connectivity index (χ1v) is 15.6. The molecule has 1 amide bonds. The lowest BCUT2D eigenvalue weighted by molar-refractivity contribution is -0.125. The van der Waals surface area contributed by atoms with Gasteiger partial charge in [-0.2, -0.15) is 0 Å². The summed E-state index contributed by atoms with van der Waals surface area (Å²) >= 11 is 0. The van der Waals surface area contributed by atoms with Crippen LogP contribution in [0.5, 0.6) is 0 Å². The number of aromatic amines is 1. The van der Waals surface area contributed by atoms with Gasteiger partial charge in [-0.05, 0) is 80.4 Å². The number of hydrogen-bond donors (Lipinski definition) is 2. The number of Topliss-reactive ketones (excluding diaryl/α,β-unsaturated/α-hetero) is 1. The minimum atomic E-state index is -0.469. The third-order valence-corrected chi connectivity index (χ3v) is 8.13. The molecule has 40 heavy (non-hydrogen) atoms. The maximum atomic E-state index is 13.2. The van der Waals surface area contributed by atoms with Gasteiger partial charge in [0, 0.05) is 30.9 Å². The zero-order chi connectivity index (χ0) is 30.3. The number of carbonyl (C=O) groups is 2. The normalized spacial score (nSPS) is 20.0. The molecule has 0 aromatic carbocycles. The van der Waals surface area contributed by atoms with Gasteiger partial charge in [-0.15, -0.1) is 0 Å². The molecule has 2 aliphatic carbocycles. The second-order valence-electron chi connectivity index (χ2n) is 12.3. The van der Waals surface area contributed by atoms with Gasteiger partial charge in [-0.1, -0.05) is 97.3 Å². The average Bonchev–Trinajstić information content (AvgIpc) is 3.20. The highest BCUT2D eigenvalue weighted by molar-refractivity contribution is 6.01. The Balaban J connectivity index is 0.000000885. The largest absolute Gasteiger partial charge is 0.367 e. The van der Waals surface area contributed by atoms with E-state index in [2.05, 4.69) is 77.0 Å². The first kappa shape index (κ1) is 35.4. The maximum Gasteiger partial charge on any atom is 0.228 e. The van der Waals surface area contributed by atoms with Crippen LogP contribution in [0.15, 0.2) is 59.5 Å². The highest BCUT2D eigenvalue weighted by Crippen LogP contribution is 2.31. The predicted molar refractivity (Wildman–Crippen MR) is 172 cm³/mol. The van der Waals surface area contributed by atoms with Crippen molar-refractivity contribution in [1.82, 2.24) is 10.3 Å². The number of nitrogens with one attached hydrogen (secondary N) is 2. The molecule has 0 radical (unpaired) electrons. The fraction of sp³-hybridized carbons (Fsp3) is 0.611. The molecule has 0 aliphatic heterocycles. The van der Waals surface area contributed by atoms with E-state index in [4.69, 9.17) is 0 Å². The van der Waals surface area contributed by atoms with Crippen LogP contribution >= 0.6 is 0 Å². The van der Waals surface area contributed by atoms with Gasteiger partial charge in [0.2, 0.25) is 5.91 Å². The highest BCUT2D eigenvalue weighted by atomic mass is 16.2. The quantitative estimate of drug-likeness (QED) is 0.317. The van der Waals surface area contributed by atoms with E-state index < -0.39 is 5.92 Å². The molecule has 0 spiro atoms. The molecule has 4 heteroatoms. The minimum Gasteiger partial charge on any atom is -0.367 e. The van der Waals surface area contributed by atoms with Gasteiger partial charge in [-0.3, -0.25) is 9.59 Å². The lowest BCUT2D eigenvalue weighted by atomic mass is 9.83. The van der Waals surface area contributed by atoms with E-state index in [0.717, 1.165) is 23.5 Å². The minimum absolute atomic E-state index is 0.0250. The summed E-state index contributed by atoms with van der Waals surface area (Å²) in [4.78, 5) is 29.6. The van der Waals surface area contributed by atoms with E-state index in [1.807, 2.05) is 45.3 Å². The van der Waals surface area contributed by atoms with E-state index in [1.54, 1.807) is 0 Å². The molecule has 1 aromatic rings. The van der Waals surface area contributed by atoms with Gasteiger partial charge < -0.3 is 10.3 Å². The van der Waals surface area contributed by atoms with Crippen molar-refractivity contribution < 1.29 is 9.59 Å². The van der Waals surface area contributed by atoms with Crippen LogP contribution in [0.4, 0.5) is 0 Å². The molecule has 2 aliphatic rings. The number of aromatic nitrogens is 1. The zero-order valence-corrected chi connectivity index (χ0v) is 27.2. The van der Waals surface area contributed by atoms with Gasteiger partial charge in [0.05, 0.1) is 5.92 Å².